The molecule has 0 spiro atoms. The number of hydrogen-bond acceptors (Lipinski definition) is 3. The van der Waals surface area contributed by atoms with Crippen LogP contribution in [0.1, 0.15) is 23.8 Å². The molecule has 4 heteroatoms. The van der Waals surface area contributed by atoms with E-state index in [1.54, 1.807) is 0 Å². The van der Waals surface area contributed by atoms with Gasteiger partial charge >= 0.3 is 0 Å². The van der Waals surface area contributed by atoms with Crippen LogP contribution in [0.25, 0.3) is 10.2 Å². The third kappa shape index (κ3) is 2.14. The highest BCUT2D eigenvalue weighted by molar-refractivity contribution is 9.10. The van der Waals surface area contributed by atoms with E-state index in [1.807, 2.05) is 11.3 Å². The Morgan fingerprint density at radius 3 is 2.79 bits per heavy atom. The molecule has 4 rings (SSSR count). The summed E-state index contributed by atoms with van der Waals surface area (Å²) in [5.74, 6) is 2.65. The third-order valence-electron chi connectivity index (χ3n) is 4.65. The molecule has 0 radical (unpaired) electrons. The molecule has 0 amide bonds. The summed E-state index contributed by atoms with van der Waals surface area (Å²) in [6, 6.07) is 6.42. The molecule has 0 unspecified atom stereocenters. The summed E-state index contributed by atoms with van der Waals surface area (Å²) in [7, 11) is 2.22. The second-order valence-corrected chi connectivity index (χ2v) is 8.05. The van der Waals surface area contributed by atoms with Gasteiger partial charge in [-0.3, -0.25) is 0 Å². The molecule has 1 saturated heterocycles. The van der Waals surface area contributed by atoms with Crippen molar-refractivity contribution in [3.63, 3.8) is 0 Å². The van der Waals surface area contributed by atoms with Gasteiger partial charge in [0, 0.05) is 23.5 Å². The first-order chi connectivity index (χ1) is 9.19. The van der Waals surface area contributed by atoms with Gasteiger partial charge in [-0.05, 0) is 49.9 Å². The van der Waals surface area contributed by atoms with Gasteiger partial charge in [-0.1, -0.05) is 15.9 Å². The quantitative estimate of drug-likeness (QED) is 0.820. The fourth-order valence-corrected chi connectivity index (χ4v) is 4.81. The number of benzene rings is 1. The van der Waals surface area contributed by atoms with Crippen molar-refractivity contribution >= 4 is 37.5 Å². The second-order valence-electron chi connectivity index (χ2n) is 6.07. The topological polar surface area (TPSA) is 16.1 Å². The lowest BCUT2D eigenvalue weighted by Gasteiger charge is -2.47. The minimum Gasteiger partial charge on any atom is -0.306 e. The van der Waals surface area contributed by atoms with Crippen LogP contribution in [0, 0.1) is 11.8 Å². The predicted molar refractivity (Wildman–Crippen MR) is 83.8 cm³/mol. The van der Waals surface area contributed by atoms with Crippen LogP contribution in [-0.4, -0.2) is 30.0 Å². The van der Waals surface area contributed by atoms with Gasteiger partial charge in [0.05, 0.1) is 15.2 Å². The molecule has 0 bridgehead atoms. The zero-order valence-corrected chi connectivity index (χ0v) is 13.4. The van der Waals surface area contributed by atoms with Gasteiger partial charge in [-0.25, -0.2) is 4.98 Å². The Labute approximate surface area is 126 Å². The first-order valence-corrected chi connectivity index (χ1v) is 8.54. The normalized spacial score (nSPS) is 28.3. The number of fused-ring (bicyclic) bond motifs is 1. The Morgan fingerprint density at radius 2 is 2.05 bits per heavy atom. The molecule has 19 heavy (non-hydrogen) atoms. The number of nitrogens with zero attached hydrogens (tertiary/aromatic N) is 2. The van der Waals surface area contributed by atoms with Gasteiger partial charge in [-0.2, -0.15) is 0 Å². The minimum atomic E-state index is 0.729. The van der Waals surface area contributed by atoms with Gasteiger partial charge in [-0.15, -0.1) is 11.3 Å². The van der Waals surface area contributed by atoms with E-state index >= 15 is 0 Å². The Balaban J connectivity index is 1.47. The molecule has 1 aliphatic heterocycles. The Hall–Kier alpha value is -0.450. The molecule has 2 aromatic rings. The van der Waals surface area contributed by atoms with Crippen LogP contribution < -0.4 is 0 Å². The maximum absolute atomic E-state index is 4.83. The summed E-state index contributed by atoms with van der Waals surface area (Å²) in [5.41, 5.74) is 1.15. The van der Waals surface area contributed by atoms with E-state index in [4.69, 9.17) is 4.98 Å². The Bertz CT molecular complexity index is 612. The maximum atomic E-state index is 4.83. The summed E-state index contributed by atoms with van der Waals surface area (Å²) in [6.07, 6.45) is 2.72. The fraction of sp³-hybridized carbons (Fsp3) is 0.533. The van der Waals surface area contributed by atoms with E-state index in [2.05, 4.69) is 46.1 Å². The van der Waals surface area contributed by atoms with Crippen molar-refractivity contribution in [2.75, 3.05) is 20.1 Å². The third-order valence-corrected chi connectivity index (χ3v) is 6.34. The van der Waals surface area contributed by atoms with Gasteiger partial charge in [0.25, 0.3) is 0 Å². The molecular formula is C15H17BrN2S. The zero-order chi connectivity index (χ0) is 13.0. The van der Waals surface area contributed by atoms with E-state index in [0.717, 1.165) is 27.7 Å². The van der Waals surface area contributed by atoms with E-state index < -0.39 is 0 Å². The highest BCUT2D eigenvalue weighted by atomic mass is 79.9. The molecule has 1 saturated carbocycles. The van der Waals surface area contributed by atoms with Crippen molar-refractivity contribution in [2.24, 2.45) is 11.8 Å². The second kappa shape index (κ2) is 4.54. The van der Waals surface area contributed by atoms with Gasteiger partial charge in [0.2, 0.25) is 0 Å². The average molecular weight is 337 g/mol. The van der Waals surface area contributed by atoms with Crippen LogP contribution in [0.3, 0.4) is 0 Å². The molecule has 0 N–H and O–H groups in total. The standard InChI is InChI=1S/C15H17BrN2S/c1-18-7-11(8-18)9-4-10(5-9)15-17-13-6-12(16)2-3-14(13)19-15/h2-3,6,9-11H,4-5,7-8H2,1H3. The largest absolute Gasteiger partial charge is 0.306 e. The van der Waals surface area contributed by atoms with E-state index in [0.29, 0.717) is 0 Å². The first-order valence-electron chi connectivity index (χ1n) is 6.93. The lowest BCUT2D eigenvalue weighted by atomic mass is 9.66. The van der Waals surface area contributed by atoms with Crippen LogP contribution in [0.15, 0.2) is 22.7 Å². The number of rotatable bonds is 2. The van der Waals surface area contributed by atoms with Gasteiger partial charge in [0.15, 0.2) is 0 Å². The average Bonchev–Trinajstić information content (AvgIpc) is 2.67. The Morgan fingerprint density at radius 1 is 1.26 bits per heavy atom. The van der Waals surface area contributed by atoms with Crippen molar-refractivity contribution in [1.29, 1.82) is 0 Å². The monoisotopic (exact) mass is 336 g/mol. The highest BCUT2D eigenvalue weighted by Gasteiger charge is 2.41. The fourth-order valence-electron chi connectivity index (χ4n) is 3.39. The van der Waals surface area contributed by atoms with Crippen molar-refractivity contribution < 1.29 is 0 Å². The molecule has 2 nitrogen and oxygen atoms in total. The Kier molecular flexibility index (Phi) is 2.94. The number of halogens is 1. The number of aromatic nitrogens is 1. The van der Waals surface area contributed by atoms with Crippen molar-refractivity contribution in [3.8, 4) is 0 Å². The van der Waals surface area contributed by atoms with Crippen LogP contribution in [0.2, 0.25) is 0 Å². The van der Waals surface area contributed by atoms with E-state index in [9.17, 15) is 0 Å². The van der Waals surface area contributed by atoms with Crippen LogP contribution in [-0.2, 0) is 0 Å². The smallest absolute Gasteiger partial charge is 0.0969 e. The number of hydrogen-bond donors (Lipinski definition) is 0. The molecule has 1 aromatic heterocycles. The van der Waals surface area contributed by atoms with Gasteiger partial charge < -0.3 is 4.90 Å². The molecule has 100 valence electrons. The summed E-state index contributed by atoms with van der Waals surface area (Å²) >= 11 is 5.41. The van der Waals surface area contributed by atoms with E-state index in [1.165, 1.54) is 35.6 Å². The molecule has 2 fully saturated rings. The summed E-state index contributed by atoms with van der Waals surface area (Å²) < 4.78 is 2.45. The summed E-state index contributed by atoms with van der Waals surface area (Å²) in [4.78, 5) is 7.25. The molecule has 0 atom stereocenters. The molecular weight excluding hydrogens is 320 g/mol. The van der Waals surface area contributed by atoms with Crippen LogP contribution >= 0.6 is 27.3 Å². The van der Waals surface area contributed by atoms with Crippen molar-refractivity contribution in [1.82, 2.24) is 9.88 Å². The zero-order valence-electron chi connectivity index (χ0n) is 11.0. The lowest BCUT2D eigenvalue weighted by Crippen LogP contribution is -2.50. The molecule has 1 aliphatic carbocycles. The highest BCUT2D eigenvalue weighted by Crippen LogP contribution is 2.48. The predicted octanol–water partition coefficient (Wildman–Crippen LogP) is 4.11. The van der Waals surface area contributed by atoms with Crippen molar-refractivity contribution in [3.05, 3.63) is 27.7 Å². The SMILES string of the molecule is CN1CC(C2CC(c3nc4cc(Br)ccc4s3)C2)C1. The molecule has 2 aliphatic rings. The van der Waals surface area contributed by atoms with Crippen molar-refractivity contribution in [2.45, 2.75) is 18.8 Å². The van der Waals surface area contributed by atoms with E-state index in [-0.39, 0.29) is 0 Å². The first kappa shape index (κ1) is 12.3. The lowest BCUT2D eigenvalue weighted by molar-refractivity contribution is 0.0358. The molecule has 2 heterocycles. The van der Waals surface area contributed by atoms with Crippen LogP contribution in [0.5, 0.6) is 0 Å². The van der Waals surface area contributed by atoms with Crippen LogP contribution in [0.4, 0.5) is 0 Å². The van der Waals surface area contributed by atoms with Gasteiger partial charge in [0.1, 0.15) is 0 Å². The summed E-state index contributed by atoms with van der Waals surface area (Å²) in [5, 5.41) is 1.36. The molecule has 1 aromatic carbocycles. The summed E-state index contributed by atoms with van der Waals surface area (Å²) in [6.45, 7) is 2.62. The number of likely N-dealkylation sites (tertiary alicyclic amines) is 1. The maximum Gasteiger partial charge on any atom is 0.0969 e. The minimum absolute atomic E-state index is 0.729. The number of thiazole rings is 1.